The average molecular weight is 396 g/mol. The van der Waals surface area contributed by atoms with Crippen LogP contribution in [0.1, 0.15) is 66.0 Å². The Hall–Kier alpha value is -0.983. The highest BCUT2D eigenvalue weighted by Crippen LogP contribution is 2.47. The quantitative estimate of drug-likeness (QED) is 0.238. The largest absolute Gasteiger partial charge is 0.402 e. The summed E-state index contributed by atoms with van der Waals surface area (Å²) in [6, 6.07) is 2.08. The lowest BCUT2D eigenvalue weighted by molar-refractivity contribution is -0.165. The first-order chi connectivity index (χ1) is 12.3. The lowest BCUT2D eigenvalue weighted by Crippen LogP contribution is -2.64. The van der Waals surface area contributed by atoms with Crippen LogP contribution in [0, 0.1) is 0 Å². The molecule has 0 radical (unpaired) electrons. The molecule has 0 aliphatic carbocycles. The molecular weight excluding hydrogens is 362 g/mol. The molecule has 4 nitrogen and oxygen atoms in total. The summed E-state index contributed by atoms with van der Waals surface area (Å²) in [5.41, 5.74) is 2.50. The van der Waals surface area contributed by atoms with Gasteiger partial charge in [0.05, 0.1) is 6.04 Å². The molecule has 2 heterocycles. The van der Waals surface area contributed by atoms with E-state index >= 15 is 0 Å². The SMILES string of the molecule is CC(C)[Si](O[C@H]1C(=O)N(CCCC=O)[C@H]1c1ccsc1)(C(C)C)C(C)C. The van der Waals surface area contributed by atoms with E-state index in [1.165, 1.54) is 0 Å². The molecule has 26 heavy (non-hydrogen) atoms. The molecule has 1 fully saturated rings. The van der Waals surface area contributed by atoms with Gasteiger partial charge in [0.15, 0.2) is 0 Å². The summed E-state index contributed by atoms with van der Waals surface area (Å²) in [4.78, 5) is 25.5. The zero-order valence-electron chi connectivity index (χ0n) is 16.9. The van der Waals surface area contributed by atoms with Gasteiger partial charge in [-0.15, -0.1) is 0 Å². The first kappa shape index (κ1) is 21.3. The number of hydrogen-bond donors (Lipinski definition) is 0. The smallest absolute Gasteiger partial charge is 0.253 e. The van der Waals surface area contributed by atoms with Crippen molar-refractivity contribution in [3.8, 4) is 0 Å². The Bertz CT molecular complexity index is 578. The van der Waals surface area contributed by atoms with Gasteiger partial charge < -0.3 is 14.1 Å². The van der Waals surface area contributed by atoms with Crippen LogP contribution in [-0.2, 0) is 14.0 Å². The molecule has 6 heteroatoms. The molecule has 0 aromatic carbocycles. The number of nitrogens with zero attached hydrogens (tertiary/aromatic N) is 1. The molecule has 0 N–H and O–H groups in total. The number of carbonyl (C=O) groups excluding carboxylic acids is 2. The summed E-state index contributed by atoms with van der Waals surface area (Å²) in [6.07, 6.45) is 1.75. The van der Waals surface area contributed by atoms with Crippen molar-refractivity contribution in [1.82, 2.24) is 4.90 Å². The van der Waals surface area contributed by atoms with Gasteiger partial charge in [0.2, 0.25) is 8.32 Å². The fraction of sp³-hybridized carbons (Fsp3) is 0.700. The number of rotatable bonds is 10. The number of unbranched alkanes of at least 4 members (excludes halogenated alkanes) is 1. The standard InChI is InChI=1S/C20H33NO3SSi/c1-14(2)26(15(3)4,16(5)6)24-19-18(17-9-12-25-13-17)21(20(19)23)10-7-8-11-22/h9,11-16,18-19H,7-8,10H2,1-6H3/t18-,19+/m0/s1. The molecule has 1 saturated heterocycles. The molecule has 0 bridgehead atoms. The Labute approximate surface area is 163 Å². The fourth-order valence-electron chi connectivity index (χ4n) is 4.65. The van der Waals surface area contributed by atoms with Crippen molar-refractivity contribution in [2.24, 2.45) is 0 Å². The number of likely N-dealkylation sites (tertiary alicyclic amines) is 1. The van der Waals surface area contributed by atoms with Gasteiger partial charge >= 0.3 is 0 Å². The van der Waals surface area contributed by atoms with E-state index in [0.29, 0.717) is 36.0 Å². The third-order valence-corrected chi connectivity index (χ3v) is 12.6. The van der Waals surface area contributed by atoms with E-state index in [9.17, 15) is 9.59 Å². The highest BCUT2D eigenvalue weighted by atomic mass is 32.1. The van der Waals surface area contributed by atoms with Crippen LogP contribution in [0.15, 0.2) is 16.8 Å². The zero-order chi connectivity index (χ0) is 19.5. The molecule has 1 aromatic heterocycles. The summed E-state index contributed by atoms with van der Waals surface area (Å²) in [5, 5.41) is 4.17. The van der Waals surface area contributed by atoms with E-state index < -0.39 is 8.32 Å². The molecule has 0 spiro atoms. The van der Waals surface area contributed by atoms with E-state index in [1.54, 1.807) is 11.3 Å². The van der Waals surface area contributed by atoms with Crippen LogP contribution >= 0.6 is 11.3 Å². The molecule has 2 atom stereocenters. The minimum absolute atomic E-state index is 0.0106. The Morgan fingerprint density at radius 2 is 1.81 bits per heavy atom. The number of aldehydes is 1. The van der Waals surface area contributed by atoms with E-state index in [4.69, 9.17) is 4.43 Å². The van der Waals surface area contributed by atoms with Gasteiger partial charge in [-0.2, -0.15) is 11.3 Å². The van der Waals surface area contributed by atoms with Crippen LogP contribution < -0.4 is 0 Å². The second-order valence-corrected chi connectivity index (χ2v) is 14.4. The van der Waals surface area contributed by atoms with E-state index in [-0.39, 0.29) is 18.1 Å². The maximum absolute atomic E-state index is 12.9. The minimum Gasteiger partial charge on any atom is -0.402 e. The number of β-lactam (4-membered cyclic amide) rings is 1. The van der Waals surface area contributed by atoms with Crippen LogP contribution in [-0.4, -0.2) is 38.1 Å². The van der Waals surface area contributed by atoms with Crippen molar-refractivity contribution in [3.63, 3.8) is 0 Å². The first-order valence-corrected chi connectivity index (χ1v) is 12.8. The third-order valence-electron chi connectivity index (χ3n) is 5.79. The van der Waals surface area contributed by atoms with Crippen LogP contribution in [0.5, 0.6) is 0 Å². The molecule has 0 unspecified atom stereocenters. The molecule has 146 valence electrons. The van der Waals surface area contributed by atoms with Crippen LogP contribution in [0.3, 0.4) is 0 Å². The van der Waals surface area contributed by atoms with E-state index in [1.807, 2.05) is 4.90 Å². The zero-order valence-corrected chi connectivity index (χ0v) is 18.7. The van der Waals surface area contributed by atoms with Crippen molar-refractivity contribution < 1.29 is 14.0 Å². The second-order valence-electron chi connectivity index (χ2n) is 8.20. The van der Waals surface area contributed by atoms with E-state index in [0.717, 1.165) is 11.8 Å². The number of carbonyl (C=O) groups is 2. The minimum atomic E-state index is -2.12. The average Bonchev–Trinajstić information content (AvgIpc) is 3.08. The number of amides is 1. The molecular formula is C20H33NO3SSi. The number of hydrogen-bond acceptors (Lipinski definition) is 4. The van der Waals surface area contributed by atoms with Crippen molar-refractivity contribution in [3.05, 3.63) is 22.4 Å². The van der Waals surface area contributed by atoms with Gasteiger partial charge in [-0.25, -0.2) is 0 Å². The lowest BCUT2D eigenvalue weighted by atomic mass is 9.92. The first-order valence-electron chi connectivity index (χ1n) is 9.71. The van der Waals surface area contributed by atoms with E-state index in [2.05, 4.69) is 58.4 Å². The van der Waals surface area contributed by atoms with Crippen molar-refractivity contribution in [2.75, 3.05) is 6.54 Å². The predicted octanol–water partition coefficient (Wildman–Crippen LogP) is 5.17. The van der Waals surface area contributed by atoms with Gasteiger partial charge in [0.25, 0.3) is 5.91 Å². The molecule has 1 aliphatic heterocycles. The summed E-state index contributed by atoms with van der Waals surface area (Å²) >= 11 is 1.65. The monoisotopic (exact) mass is 395 g/mol. The maximum atomic E-state index is 12.9. The highest BCUT2D eigenvalue weighted by Gasteiger charge is 2.55. The summed E-state index contributed by atoms with van der Waals surface area (Å²) in [7, 11) is -2.12. The van der Waals surface area contributed by atoms with Gasteiger partial charge in [0, 0.05) is 13.0 Å². The summed E-state index contributed by atoms with van der Waals surface area (Å²) in [6.45, 7) is 14.1. The highest BCUT2D eigenvalue weighted by molar-refractivity contribution is 7.08. The second kappa shape index (κ2) is 8.80. The van der Waals surface area contributed by atoms with Gasteiger partial charge in [-0.3, -0.25) is 4.79 Å². The van der Waals surface area contributed by atoms with Crippen LogP contribution in [0.2, 0.25) is 16.6 Å². The Balaban J connectivity index is 2.28. The molecule has 1 amide bonds. The summed E-state index contributed by atoms with van der Waals surface area (Å²) < 4.78 is 6.83. The van der Waals surface area contributed by atoms with Crippen molar-refractivity contribution >= 4 is 31.8 Å². The molecule has 2 rings (SSSR count). The Morgan fingerprint density at radius 1 is 1.19 bits per heavy atom. The third kappa shape index (κ3) is 3.82. The van der Waals surface area contributed by atoms with Gasteiger partial charge in [-0.05, 0) is 45.4 Å². The number of thiophene rings is 1. The van der Waals surface area contributed by atoms with Crippen LogP contribution in [0.4, 0.5) is 0 Å². The molecule has 1 aromatic rings. The topological polar surface area (TPSA) is 46.6 Å². The molecule has 0 saturated carbocycles. The van der Waals surface area contributed by atoms with Crippen LogP contribution in [0.25, 0.3) is 0 Å². The van der Waals surface area contributed by atoms with Crippen molar-refractivity contribution in [2.45, 2.75) is 83.2 Å². The van der Waals surface area contributed by atoms with Crippen molar-refractivity contribution in [1.29, 1.82) is 0 Å². The predicted molar refractivity (Wildman–Crippen MR) is 110 cm³/mol. The Kier molecular flexibility index (Phi) is 7.22. The normalized spacial score (nSPS) is 21.0. The Morgan fingerprint density at radius 3 is 2.27 bits per heavy atom. The van der Waals surface area contributed by atoms with Gasteiger partial charge in [-0.1, -0.05) is 41.5 Å². The maximum Gasteiger partial charge on any atom is 0.253 e. The summed E-state index contributed by atoms with van der Waals surface area (Å²) in [5.74, 6) is 0.0888. The lowest BCUT2D eigenvalue weighted by Gasteiger charge is -2.53. The van der Waals surface area contributed by atoms with Gasteiger partial charge in [0.1, 0.15) is 12.4 Å². The molecule has 1 aliphatic rings. The fourth-order valence-corrected chi connectivity index (χ4v) is 10.8.